The molecule has 0 saturated carbocycles. The number of benzene rings is 1. The number of carbonyl (C=O) groups excluding carboxylic acids is 1. The monoisotopic (exact) mass is 257 g/mol. The second-order valence-electron chi connectivity index (χ2n) is 4.40. The standard InChI is InChI=1S/C15H19N3O/c1-3-11-18-14(9-10-16-18)15(19)17-13-8-6-5-7-12(13)4-2/h5-10H,3-4,11H2,1-2H3,(H,17,19). The number of anilines is 1. The fourth-order valence-corrected chi connectivity index (χ4v) is 2.05. The average molecular weight is 257 g/mol. The average Bonchev–Trinajstić information content (AvgIpc) is 2.88. The zero-order chi connectivity index (χ0) is 13.7. The lowest BCUT2D eigenvalue weighted by molar-refractivity contribution is 0.101. The van der Waals surface area contributed by atoms with E-state index in [9.17, 15) is 4.79 Å². The van der Waals surface area contributed by atoms with E-state index in [1.165, 1.54) is 0 Å². The number of nitrogens with one attached hydrogen (secondary N) is 1. The van der Waals surface area contributed by atoms with Crippen LogP contribution in [0.2, 0.25) is 0 Å². The Morgan fingerprint density at radius 2 is 2.05 bits per heavy atom. The molecular formula is C15H19N3O. The number of aryl methyl sites for hydroxylation is 2. The van der Waals surface area contributed by atoms with E-state index >= 15 is 0 Å². The van der Waals surface area contributed by atoms with E-state index in [1.54, 1.807) is 16.9 Å². The largest absolute Gasteiger partial charge is 0.320 e. The highest BCUT2D eigenvalue weighted by atomic mass is 16.2. The van der Waals surface area contributed by atoms with Gasteiger partial charge in [-0.05, 0) is 30.5 Å². The first-order valence-electron chi connectivity index (χ1n) is 6.67. The molecule has 0 unspecified atom stereocenters. The van der Waals surface area contributed by atoms with Crippen molar-refractivity contribution < 1.29 is 4.79 Å². The van der Waals surface area contributed by atoms with E-state index in [2.05, 4.69) is 24.3 Å². The molecule has 0 saturated heterocycles. The highest BCUT2D eigenvalue weighted by Gasteiger charge is 2.12. The Morgan fingerprint density at radius 3 is 2.79 bits per heavy atom. The van der Waals surface area contributed by atoms with Crippen LogP contribution in [0.25, 0.3) is 0 Å². The summed E-state index contributed by atoms with van der Waals surface area (Å²) in [4.78, 5) is 12.3. The van der Waals surface area contributed by atoms with Crippen LogP contribution in [0.4, 0.5) is 5.69 Å². The van der Waals surface area contributed by atoms with Gasteiger partial charge < -0.3 is 5.32 Å². The fourth-order valence-electron chi connectivity index (χ4n) is 2.05. The summed E-state index contributed by atoms with van der Waals surface area (Å²) in [5, 5.41) is 7.13. The molecular weight excluding hydrogens is 238 g/mol. The van der Waals surface area contributed by atoms with Gasteiger partial charge >= 0.3 is 0 Å². The van der Waals surface area contributed by atoms with Crippen molar-refractivity contribution in [1.82, 2.24) is 9.78 Å². The first-order chi connectivity index (χ1) is 9.26. The number of hydrogen-bond acceptors (Lipinski definition) is 2. The summed E-state index contributed by atoms with van der Waals surface area (Å²) < 4.78 is 1.74. The van der Waals surface area contributed by atoms with Crippen molar-refractivity contribution in [3.63, 3.8) is 0 Å². The molecule has 0 aliphatic rings. The summed E-state index contributed by atoms with van der Waals surface area (Å²) in [5.41, 5.74) is 2.62. The number of amides is 1. The third kappa shape index (κ3) is 3.02. The Labute approximate surface area is 113 Å². The van der Waals surface area contributed by atoms with Crippen molar-refractivity contribution >= 4 is 11.6 Å². The van der Waals surface area contributed by atoms with Crippen molar-refractivity contribution in [1.29, 1.82) is 0 Å². The molecule has 1 heterocycles. The molecule has 0 aliphatic heterocycles. The second-order valence-corrected chi connectivity index (χ2v) is 4.40. The predicted molar refractivity (Wildman–Crippen MR) is 76.3 cm³/mol. The van der Waals surface area contributed by atoms with E-state index < -0.39 is 0 Å². The summed E-state index contributed by atoms with van der Waals surface area (Å²) in [5.74, 6) is -0.105. The molecule has 1 N–H and O–H groups in total. The second kappa shape index (κ2) is 6.18. The molecule has 1 aromatic heterocycles. The van der Waals surface area contributed by atoms with Crippen LogP contribution >= 0.6 is 0 Å². The molecule has 0 fully saturated rings. The van der Waals surface area contributed by atoms with Gasteiger partial charge in [0.2, 0.25) is 0 Å². The molecule has 19 heavy (non-hydrogen) atoms. The van der Waals surface area contributed by atoms with E-state index in [-0.39, 0.29) is 5.91 Å². The molecule has 0 aliphatic carbocycles. The van der Waals surface area contributed by atoms with Gasteiger partial charge in [-0.1, -0.05) is 32.0 Å². The van der Waals surface area contributed by atoms with E-state index in [4.69, 9.17) is 0 Å². The quantitative estimate of drug-likeness (QED) is 0.894. The van der Waals surface area contributed by atoms with Crippen LogP contribution in [0.3, 0.4) is 0 Å². The number of aromatic nitrogens is 2. The van der Waals surface area contributed by atoms with Gasteiger partial charge in [0.1, 0.15) is 5.69 Å². The summed E-state index contributed by atoms with van der Waals surface area (Å²) in [7, 11) is 0. The minimum atomic E-state index is -0.105. The van der Waals surface area contributed by atoms with Gasteiger partial charge in [-0.2, -0.15) is 5.10 Å². The van der Waals surface area contributed by atoms with Crippen LogP contribution in [0.5, 0.6) is 0 Å². The molecule has 0 atom stereocenters. The lowest BCUT2D eigenvalue weighted by Gasteiger charge is -2.10. The van der Waals surface area contributed by atoms with E-state index in [1.807, 2.05) is 24.3 Å². The minimum Gasteiger partial charge on any atom is -0.320 e. The third-order valence-electron chi connectivity index (χ3n) is 3.03. The van der Waals surface area contributed by atoms with E-state index in [0.717, 1.165) is 30.6 Å². The minimum absolute atomic E-state index is 0.105. The maximum atomic E-state index is 12.3. The maximum absolute atomic E-state index is 12.3. The number of para-hydroxylation sites is 1. The Hall–Kier alpha value is -2.10. The molecule has 100 valence electrons. The third-order valence-corrected chi connectivity index (χ3v) is 3.03. The van der Waals surface area contributed by atoms with Gasteiger partial charge in [0.05, 0.1) is 0 Å². The fraction of sp³-hybridized carbons (Fsp3) is 0.333. The van der Waals surface area contributed by atoms with Gasteiger partial charge in [-0.15, -0.1) is 0 Å². The van der Waals surface area contributed by atoms with Crippen LogP contribution < -0.4 is 5.32 Å². The zero-order valence-corrected chi connectivity index (χ0v) is 11.4. The Balaban J connectivity index is 2.18. The Morgan fingerprint density at radius 1 is 1.26 bits per heavy atom. The molecule has 2 rings (SSSR count). The van der Waals surface area contributed by atoms with Gasteiger partial charge in [0.15, 0.2) is 0 Å². The Bertz CT molecular complexity index is 560. The first-order valence-corrected chi connectivity index (χ1v) is 6.67. The maximum Gasteiger partial charge on any atom is 0.273 e. The molecule has 0 bridgehead atoms. The van der Waals surface area contributed by atoms with Crippen LogP contribution in [0.1, 0.15) is 36.3 Å². The van der Waals surface area contributed by atoms with Gasteiger partial charge in [0, 0.05) is 18.4 Å². The molecule has 0 spiro atoms. The summed E-state index contributed by atoms with van der Waals surface area (Å²) in [6.07, 6.45) is 3.51. The number of hydrogen-bond donors (Lipinski definition) is 1. The number of nitrogens with zero attached hydrogens (tertiary/aromatic N) is 2. The molecule has 2 aromatic rings. The molecule has 1 amide bonds. The topological polar surface area (TPSA) is 46.9 Å². The highest BCUT2D eigenvalue weighted by Crippen LogP contribution is 2.16. The van der Waals surface area contributed by atoms with Crippen LogP contribution in [0, 0.1) is 0 Å². The molecule has 4 heteroatoms. The summed E-state index contributed by atoms with van der Waals surface area (Å²) >= 11 is 0. The number of carbonyl (C=O) groups is 1. The summed E-state index contributed by atoms with van der Waals surface area (Å²) in [6.45, 7) is 4.90. The van der Waals surface area contributed by atoms with Gasteiger partial charge in [0.25, 0.3) is 5.91 Å². The molecule has 1 aromatic carbocycles. The van der Waals surface area contributed by atoms with Gasteiger partial charge in [-0.3, -0.25) is 9.48 Å². The van der Waals surface area contributed by atoms with Crippen LogP contribution in [-0.4, -0.2) is 15.7 Å². The SMILES string of the molecule is CCCn1nccc1C(=O)Nc1ccccc1CC. The predicted octanol–water partition coefficient (Wildman–Crippen LogP) is 3.11. The van der Waals surface area contributed by atoms with Crippen LogP contribution in [0.15, 0.2) is 36.5 Å². The van der Waals surface area contributed by atoms with Crippen molar-refractivity contribution in [3.05, 3.63) is 47.8 Å². The van der Waals surface area contributed by atoms with Gasteiger partial charge in [-0.25, -0.2) is 0 Å². The molecule has 0 radical (unpaired) electrons. The van der Waals surface area contributed by atoms with Crippen LogP contribution in [-0.2, 0) is 13.0 Å². The van der Waals surface area contributed by atoms with E-state index in [0.29, 0.717) is 5.69 Å². The normalized spacial score (nSPS) is 10.4. The van der Waals surface area contributed by atoms with Crippen molar-refractivity contribution in [3.8, 4) is 0 Å². The van der Waals surface area contributed by atoms with Crippen molar-refractivity contribution in [2.45, 2.75) is 33.2 Å². The lowest BCUT2D eigenvalue weighted by atomic mass is 10.1. The highest BCUT2D eigenvalue weighted by molar-refractivity contribution is 6.03. The smallest absolute Gasteiger partial charge is 0.273 e. The van der Waals surface area contributed by atoms with Crippen molar-refractivity contribution in [2.75, 3.05) is 5.32 Å². The zero-order valence-electron chi connectivity index (χ0n) is 11.4. The first kappa shape index (κ1) is 13.3. The Kier molecular flexibility index (Phi) is 4.34. The van der Waals surface area contributed by atoms with Crippen molar-refractivity contribution in [2.24, 2.45) is 0 Å². The number of rotatable bonds is 5. The molecule has 4 nitrogen and oxygen atoms in total. The summed E-state index contributed by atoms with van der Waals surface area (Å²) in [6, 6.07) is 9.61. The lowest BCUT2D eigenvalue weighted by Crippen LogP contribution is -2.18.